The molecule has 0 spiro atoms. The van der Waals surface area contributed by atoms with Gasteiger partial charge in [0.2, 0.25) is 11.9 Å². The third-order valence-corrected chi connectivity index (χ3v) is 10.4. The van der Waals surface area contributed by atoms with Gasteiger partial charge >= 0.3 is 29.8 Å². The van der Waals surface area contributed by atoms with Gasteiger partial charge in [-0.05, 0) is 12.8 Å². The molecular weight excluding hydrogens is 712 g/mol. The van der Waals surface area contributed by atoms with Crippen molar-refractivity contribution < 1.29 is 47.7 Å². The van der Waals surface area contributed by atoms with Gasteiger partial charge < -0.3 is 23.7 Å². The van der Waals surface area contributed by atoms with Crippen molar-refractivity contribution in [2.24, 2.45) is 0 Å². The fourth-order valence-corrected chi connectivity index (χ4v) is 7.14. The predicted octanol–water partition coefficient (Wildman–Crippen LogP) is 12.2. The van der Waals surface area contributed by atoms with Crippen molar-refractivity contribution in [2.45, 2.75) is 245 Å². The topological polar surface area (TPSA) is 132 Å². The largest absolute Gasteiger partial charge is 0.462 e. The summed E-state index contributed by atoms with van der Waals surface area (Å²) in [6.07, 6.45) is 33.9. The normalized spacial score (nSPS) is 14.4. The average Bonchev–Trinajstić information content (AvgIpc) is 3.45. The molecule has 1 heterocycles. The van der Waals surface area contributed by atoms with E-state index in [1.165, 1.54) is 141 Å². The molecule has 0 saturated carbocycles. The fourth-order valence-electron chi connectivity index (χ4n) is 7.14. The predicted molar refractivity (Wildman–Crippen MR) is 220 cm³/mol. The first-order valence-corrected chi connectivity index (χ1v) is 22.9. The molecule has 0 radical (unpaired) electrons. The summed E-state index contributed by atoms with van der Waals surface area (Å²) < 4.78 is 26.7. The van der Waals surface area contributed by atoms with Gasteiger partial charge in [0.15, 0.2) is 6.10 Å². The van der Waals surface area contributed by atoms with Gasteiger partial charge in [-0.2, -0.15) is 0 Å². The number of unbranched alkanes of at least 4 members (excludes halogenated alkanes) is 28. The third kappa shape index (κ3) is 27.6. The summed E-state index contributed by atoms with van der Waals surface area (Å²) in [5.74, 6) is -4.60. The molecular formula is C46H80O10. The Balaban J connectivity index is 2.38. The van der Waals surface area contributed by atoms with Crippen LogP contribution in [0, 0.1) is 0 Å². The molecule has 0 saturated heterocycles. The second-order valence-electron chi connectivity index (χ2n) is 15.8. The number of carbonyl (C=O) groups is 5. The van der Waals surface area contributed by atoms with E-state index in [-0.39, 0.29) is 18.6 Å². The Morgan fingerprint density at radius 1 is 0.500 bits per heavy atom. The number of esters is 5. The molecule has 0 N–H and O–H groups in total. The van der Waals surface area contributed by atoms with Crippen molar-refractivity contribution in [3.05, 3.63) is 11.5 Å². The Morgan fingerprint density at radius 2 is 0.857 bits per heavy atom. The van der Waals surface area contributed by atoms with Crippen LogP contribution in [-0.4, -0.2) is 48.7 Å². The van der Waals surface area contributed by atoms with Crippen LogP contribution < -0.4 is 0 Å². The highest BCUT2D eigenvalue weighted by atomic mass is 16.7. The monoisotopic (exact) mass is 793 g/mol. The zero-order valence-electron chi connectivity index (χ0n) is 36.1. The first-order valence-electron chi connectivity index (χ1n) is 22.9. The molecule has 2 atom stereocenters. The molecule has 1 rings (SSSR count). The molecule has 10 nitrogen and oxygen atoms in total. The van der Waals surface area contributed by atoms with E-state index in [0.717, 1.165) is 52.4 Å². The van der Waals surface area contributed by atoms with Gasteiger partial charge in [-0.15, -0.1) is 0 Å². The summed E-state index contributed by atoms with van der Waals surface area (Å²) in [4.78, 5) is 62.0. The Kier molecular flexibility index (Phi) is 32.2. The molecule has 10 heteroatoms. The van der Waals surface area contributed by atoms with Crippen LogP contribution in [0.4, 0.5) is 0 Å². The number of ether oxygens (including phenoxy) is 5. The second-order valence-corrected chi connectivity index (χ2v) is 15.8. The van der Waals surface area contributed by atoms with Gasteiger partial charge in [0.1, 0.15) is 6.61 Å². The summed E-state index contributed by atoms with van der Waals surface area (Å²) in [7, 11) is 0. The maximum atomic E-state index is 12.8. The first-order chi connectivity index (χ1) is 27.2. The van der Waals surface area contributed by atoms with Crippen molar-refractivity contribution in [3.63, 3.8) is 0 Å². The van der Waals surface area contributed by atoms with E-state index in [2.05, 4.69) is 13.8 Å². The number of hydrogen-bond donors (Lipinski definition) is 0. The van der Waals surface area contributed by atoms with Crippen LogP contribution in [0.1, 0.15) is 233 Å². The van der Waals surface area contributed by atoms with Gasteiger partial charge in [-0.25, -0.2) is 4.79 Å². The van der Waals surface area contributed by atoms with Gasteiger partial charge in [0, 0.05) is 26.7 Å². The van der Waals surface area contributed by atoms with Crippen LogP contribution >= 0.6 is 0 Å². The molecule has 0 aromatic carbocycles. The van der Waals surface area contributed by atoms with Crippen molar-refractivity contribution >= 4 is 29.8 Å². The number of rotatable bonds is 38. The molecule has 1 aliphatic rings. The molecule has 0 aromatic heterocycles. The minimum atomic E-state index is -1.43. The molecule has 324 valence electrons. The lowest BCUT2D eigenvalue weighted by atomic mass is 10.0. The summed E-state index contributed by atoms with van der Waals surface area (Å²) in [6.45, 7) is 6.35. The van der Waals surface area contributed by atoms with Gasteiger partial charge in [-0.1, -0.05) is 194 Å². The van der Waals surface area contributed by atoms with E-state index in [1.54, 1.807) is 0 Å². The van der Waals surface area contributed by atoms with Crippen LogP contribution in [0.25, 0.3) is 0 Å². The molecule has 0 aromatic rings. The van der Waals surface area contributed by atoms with Crippen LogP contribution in [-0.2, 0) is 47.7 Å². The van der Waals surface area contributed by atoms with Crippen molar-refractivity contribution in [1.29, 1.82) is 0 Å². The van der Waals surface area contributed by atoms with E-state index >= 15 is 0 Å². The molecule has 0 fully saturated rings. The Labute approximate surface area is 340 Å². The van der Waals surface area contributed by atoms with Gasteiger partial charge in [0.05, 0.1) is 0 Å². The zero-order valence-corrected chi connectivity index (χ0v) is 36.1. The van der Waals surface area contributed by atoms with E-state index in [9.17, 15) is 24.0 Å². The Hall–Kier alpha value is -2.91. The Bertz CT molecular complexity index is 1100. The summed E-state index contributed by atoms with van der Waals surface area (Å²) in [5.41, 5.74) is 0. The Morgan fingerprint density at radius 3 is 1.21 bits per heavy atom. The molecule has 56 heavy (non-hydrogen) atoms. The standard InChI is InChI=1S/C46H80O10/c1-5-7-9-11-13-15-17-19-21-23-25-27-29-31-33-35-41(49)52-37-40(53-38(3)47)43-44(54-39(4)48)45(46(51)56-43)55-42(50)36-34-32-30-28-26-24-22-20-18-16-14-12-10-8-6-2/h40,43H,5-37H2,1-4H3/t40-,43+/m0/s1. The van der Waals surface area contributed by atoms with Crippen LogP contribution in [0.5, 0.6) is 0 Å². The van der Waals surface area contributed by atoms with Crippen molar-refractivity contribution in [1.82, 2.24) is 0 Å². The summed E-state index contributed by atoms with van der Waals surface area (Å²) in [6, 6.07) is 0. The minimum Gasteiger partial charge on any atom is -0.462 e. The maximum absolute atomic E-state index is 12.8. The lowest BCUT2D eigenvalue weighted by Crippen LogP contribution is -2.38. The van der Waals surface area contributed by atoms with Crippen molar-refractivity contribution in [2.75, 3.05) is 6.61 Å². The smallest absolute Gasteiger partial charge is 0.379 e. The highest BCUT2D eigenvalue weighted by Gasteiger charge is 2.46. The lowest BCUT2D eigenvalue weighted by Gasteiger charge is -2.23. The molecule has 0 aliphatic carbocycles. The van der Waals surface area contributed by atoms with Gasteiger partial charge in [-0.3, -0.25) is 19.2 Å². The van der Waals surface area contributed by atoms with Crippen LogP contribution in [0.3, 0.4) is 0 Å². The van der Waals surface area contributed by atoms with E-state index < -0.39 is 54.4 Å². The SMILES string of the molecule is CCCCCCCCCCCCCCCCCC(=O)OC[C@H](OC(C)=O)[C@H]1OC(=O)C(OC(=O)CCCCCCCCCCCCCCCCC)=C1OC(C)=O. The lowest BCUT2D eigenvalue weighted by molar-refractivity contribution is -0.171. The minimum absolute atomic E-state index is 0.0807. The average molecular weight is 793 g/mol. The van der Waals surface area contributed by atoms with Gasteiger partial charge in [0.25, 0.3) is 5.76 Å². The highest BCUT2D eigenvalue weighted by molar-refractivity contribution is 5.93. The van der Waals surface area contributed by atoms with E-state index in [0.29, 0.717) is 12.8 Å². The fraction of sp³-hybridized carbons (Fsp3) is 0.848. The molecule has 0 unspecified atom stereocenters. The summed E-state index contributed by atoms with van der Waals surface area (Å²) >= 11 is 0. The maximum Gasteiger partial charge on any atom is 0.379 e. The van der Waals surface area contributed by atoms with Crippen LogP contribution in [0.2, 0.25) is 0 Å². The van der Waals surface area contributed by atoms with Crippen molar-refractivity contribution in [3.8, 4) is 0 Å². The third-order valence-electron chi connectivity index (χ3n) is 10.4. The molecule has 0 amide bonds. The number of cyclic esters (lactones) is 1. The zero-order chi connectivity index (χ0) is 41.1. The first kappa shape index (κ1) is 51.1. The quantitative estimate of drug-likeness (QED) is 0.0338. The molecule has 0 bridgehead atoms. The summed E-state index contributed by atoms with van der Waals surface area (Å²) in [5, 5.41) is 0. The van der Waals surface area contributed by atoms with E-state index in [1.807, 2.05) is 0 Å². The second kappa shape index (κ2) is 35.3. The number of hydrogen-bond acceptors (Lipinski definition) is 10. The van der Waals surface area contributed by atoms with Crippen LogP contribution in [0.15, 0.2) is 11.5 Å². The highest BCUT2D eigenvalue weighted by Crippen LogP contribution is 2.30. The van der Waals surface area contributed by atoms with E-state index in [4.69, 9.17) is 23.7 Å². The molecule has 1 aliphatic heterocycles. The number of carbonyl (C=O) groups excluding carboxylic acids is 5.